The molecule has 0 aliphatic heterocycles. The van der Waals surface area contributed by atoms with Crippen LogP contribution in [0.15, 0.2) is 24.3 Å². The lowest BCUT2D eigenvalue weighted by Crippen LogP contribution is -2.13. The second-order valence-electron chi connectivity index (χ2n) is 1.94. The molecule has 0 amide bonds. The van der Waals surface area contributed by atoms with Crippen molar-refractivity contribution in [2.24, 2.45) is 0 Å². The first-order chi connectivity index (χ1) is 4.84. The van der Waals surface area contributed by atoms with Crippen LogP contribution in [0, 0.1) is 6.07 Å². The molecule has 2 heteroatoms. The van der Waals surface area contributed by atoms with Gasteiger partial charge in [0.05, 0.1) is 12.8 Å². The van der Waals surface area contributed by atoms with Crippen LogP contribution in [0.1, 0.15) is 0 Å². The molecule has 0 aromatic heterocycles. The van der Waals surface area contributed by atoms with Gasteiger partial charge < -0.3 is 0 Å². The fourth-order valence-corrected chi connectivity index (χ4v) is 0.693. The van der Waals surface area contributed by atoms with Crippen molar-refractivity contribution in [3.05, 3.63) is 30.3 Å². The Morgan fingerprint density at radius 3 is 2.50 bits per heavy atom. The summed E-state index contributed by atoms with van der Waals surface area (Å²) in [5, 5.41) is 1.69. The van der Waals surface area contributed by atoms with Gasteiger partial charge in [-0.25, -0.2) is 0 Å². The Morgan fingerprint density at radius 2 is 2.00 bits per heavy atom. The predicted octanol–water partition coefficient (Wildman–Crippen LogP) is 1.48. The smallest absolute Gasteiger partial charge is 0.0638 e. The van der Waals surface area contributed by atoms with E-state index in [1.807, 2.05) is 31.3 Å². The Bertz CT molecular complexity index is 186. The zero-order chi connectivity index (χ0) is 7.40. The number of nitrogens with zero attached hydrogens (tertiary/aromatic N) is 1. The minimum atomic E-state index is 1.03. The van der Waals surface area contributed by atoms with E-state index in [9.17, 15) is 0 Å². The second-order valence-corrected chi connectivity index (χ2v) is 1.94. The van der Waals surface area contributed by atoms with E-state index in [-0.39, 0.29) is 0 Å². The third kappa shape index (κ3) is 1.48. The van der Waals surface area contributed by atoms with Crippen LogP contribution < -0.4 is 5.06 Å². The van der Waals surface area contributed by atoms with Crippen LogP contribution in [0.25, 0.3) is 0 Å². The zero-order valence-corrected chi connectivity index (χ0v) is 6.16. The molecule has 2 nitrogen and oxygen atoms in total. The molecule has 0 aliphatic carbocycles. The van der Waals surface area contributed by atoms with Gasteiger partial charge in [-0.05, 0) is 18.2 Å². The van der Waals surface area contributed by atoms with Crippen LogP contribution in [0.3, 0.4) is 0 Å². The maximum Gasteiger partial charge on any atom is 0.0638 e. The number of hydroxylamine groups is 1. The number of hydrogen-bond acceptors (Lipinski definition) is 2. The number of rotatable bonds is 2. The highest BCUT2D eigenvalue weighted by Crippen LogP contribution is 2.09. The number of anilines is 1. The van der Waals surface area contributed by atoms with Crippen molar-refractivity contribution >= 4 is 5.69 Å². The number of benzene rings is 1. The molecule has 10 heavy (non-hydrogen) atoms. The van der Waals surface area contributed by atoms with Crippen molar-refractivity contribution < 1.29 is 4.84 Å². The molecule has 0 unspecified atom stereocenters. The molecule has 1 rings (SSSR count). The van der Waals surface area contributed by atoms with Gasteiger partial charge in [0.15, 0.2) is 0 Å². The van der Waals surface area contributed by atoms with Crippen LogP contribution in [0.5, 0.6) is 0 Å². The van der Waals surface area contributed by atoms with Crippen molar-refractivity contribution in [1.82, 2.24) is 0 Å². The Hall–Kier alpha value is -1.02. The molecule has 0 heterocycles. The largest absolute Gasteiger partial charge is 0.277 e. The fourth-order valence-electron chi connectivity index (χ4n) is 0.693. The Morgan fingerprint density at radius 1 is 1.40 bits per heavy atom. The molecule has 0 fully saturated rings. The lowest BCUT2D eigenvalue weighted by atomic mass is 10.3. The summed E-state index contributed by atoms with van der Waals surface area (Å²) in [6, 6.07) is 10.5. The lowest BCUT2D eigenvalue weighted by Gasteiger charge is -2.14. The average Bonchev–Trinajstić information content (AvgIpc) is 2.05. The van der Waals surface area contributed by atoms with Crippen molar-refractivity contribution in [2.45, 2.75) is 0 Å². The summed E-state index contributed by atoms with van der Waals surface area (Å²) in [4.78, 5) is 4.96. The van der Waals surface area contributed by atoms with Crippen molar-refractivity contribution in [3.63, 3.8) is 0 Å². The van der Waals surface area contributed by atoms with Crippen LogP contribution in [-0.4, -0.2) is 14.2 Å². The van der Waals surface area contributed by atoms with Gasteiger partial charge in [-0.3, -0.25) is 9.90 Å². The second kappa shape index (κ2) is 3.22. The third-order valence-corrected chi connectivity index (χ3v) is 1.34. The first kappa shape index (κ1) is 7.09. The fraction of sp³-hybridized carbons (Fsp3) is 0.250. The van der Waals surface area contributed by atoms with Gasteiger partial charge in [0, 0.05) is 7.05 Å². The first-order valence-electron chi connectivity index (χ1n) is 3.08. The predicted molar refractivity (Wildman–Crippen MR) is 40.7 cm³/mol. The van der Waals surface area contributed by atoms with Gasteiger partial charge in [-0.1, -0.05) is 12.1 Å². The van der Waals surface area contributed by atoms with Gasteiger partial charge in [0.2, 0.25) is 0 Å². The molecule has 1 aromatic rings. The van der Waals surface area contributed by atoms with E-state index in [2.05, 4.69) is 6.07 Å². The van der Waals surface area contributed by atoms with E-state index in [0.29, 0.717) is 0 Å². The van der Waals surface area contributed by atoms with E-state index in [0.717, 1.165) is 5.69 Å². The molecule has 0 saturated heterocycles. The summed E-state index contributed by atoms with van der Waals surface area (Å²) >= 11 is 0. The molecule has 1 radical (unpaired) electrons. The molecular formula is C8H10NO. The third-order valence-electron chi connectivity index (χ3n) is 1.34. The van der Waals surface area contributed by atoms with Crippen LogP contribution in [0.2, 0.25) is 0 Å². The van der Waals surface area contributed by atoms with Gasteiger partial charge in [0.1, 0.15) is 0 Å². The Labute approximate surface area is 61.0 Å². The van der Waals surface area contributed by atoms with Crippen LogP contribution in [-0.2, 0) is 4.84 Å². The zero-order valence-electron chi connectivity index (χ0n) is 6.16. The summed E-state index contributed by atoms with van der Waals surface area (Å²) in [6.45, 7) is 0. The lowest BCUT2D eigenvalue weighted by molar-refractivity contribution is 0.185. The van der Waals surface area contributed by atoms with E-state index in [1.165, 1.54) is 0 Å². The minimum Gasteiger partial charge on any atom is -0.277 e. The van der Waals surface area contributed by atoms with E-state index in [4.69, 9.17) is 4.84 Å². The topological polar surface area (TPSA) is 12.5 Å². The highest BCUT2D eigenvalue weighted by atomic mass is 16.7. The standard InChI is InChI=1S/C8H10NO/c1-9(10-2)8-6-4-3-5-7-8/h4-7H,1-2H3. The van der Waals surface area contributed by atoms with Gasteiger partial charge >= 0.3 is 0 Å². The highest BCUT2D eigenvalue weighted by Gasteiger charge is 1.93. The van der Waals surface area contributed by atoms with Gasteiger partial charge in [0.25, 0.3) is 0 Å². The van der Waals surface area contributed by atoms with Crippen LogP contribution in [0.4, 0.5) is 5.69 Å². The molecule has 0 spiro atoms. The molecule has 0 aliphatic rings. The molecule has 0 atom stereocenters. The molecule has 0 N–H and O–H groups in total. The van der Waals surface area contributed by atoms with Gasteiger partial charge in [-0.15, -0.1) is 0 Å². The average molecular weight is 136 g/mol. The number of hydrogen-bond donors (Lipinski definition) is 0. The molecule has 0 bridgehead atoms. The Balaban J connectivity index is 2.75. The quantitative estimate of drug-likeness (QED) is 0.571. The van der Waals surface area contributed by atoms with E-state index in [1.54, 1.807) is 12.2 Å². The summed E-state index contributed by atoms with van der Waals surface area (Å²) < 4.78 is 0. The SMILES string of the molecule is CON(C)c1cc[c]cc1. The van der Waals surface area contributed by atoms with Crippen molar-refractivity contribution in [3.8, 4) is 0 Å². The van der Waals surface area contributed by atoms with Crippen molar-refractivity contribution in [1.29, 1.82) is 0 Å². The maximum atomic E-state index is 4.96. The summed E-state index contributed by atoms with van der Waals surface area (Å²) in [5.41, 5.74) is 1.03. The molecule has 53 valence electrons. The monoisotopic (exact) mass is 136 g/mol. The summed E-state index contributed by atoms with van der Waals surface area (Å²) in [7, 11) is 3.49. The van der Waals surface area contributed by atoms with E-state index >= 15 is 0 Å². The normalized spacial score (nSPS) is 9.40. The molecule has 0 saturated carbocycles. The summed E-state index contributed by atoms with van der Waals surface area (Å²) in [6.07, 6.45) is 0. The van der Waals surface area contributed by atoms with Gasteiger partial charge in [-0.2, -0.15) is 0 Å². The van der Waals surface area contributed by atoms with Crippen molar-refractivity contribution in [2.75, 3.05) is 19.2 Å². The minimum absolute atomic E-state index is 1.03. The van der Waals surface area contributed by atoms with Crippen LogP contribution >= 0.6 is 0 Å². The highest BCUT2D eigenvalue weighted by molar-refractivity contribution is 5.41. The first-order valence-corrected chi connectivity index (χ1v) is 3.08. The maximum absolute atomic E-state index is 4.96. The Kier molecular flexibility index (Phi) is 2.29. The van der Waals surface area contributed by atoms with E-state index < -0.39 is 0 Å². The molecular weight excluding hydrogens is 126 g/mol. The summed E-state index contributed by atoms with van der Waals surface area (Å²) in [5.74, 6) is 0. The molecule has 1 aromatic carbocycles.